The zero-order valence-corrected chi connectivity index (χ0v) is 10.3. The van der Waals surface area contributed by atoms with Crippen molar-refractivity contribution in [1.29, 1.82) is 0 Å². The average Bonchev–Trinajstić information content (AvgIpc) is 2.19. The number of rotatable bonds is 5. The summed E-state index contributed by atoms with van der Waals surface area (Å²) in [6.07, 6.45) is 0.942. The van der Waals surface area contributed by atoms with Crippen LogP contribution in [-0.4, -0.2) is 32.1 Å². The lowest BCUT2D eigenvalue weighted by Gasteiger charge is -2.13. The average molecular weight is 228 g/mol. The van der Waals surface area contributed by atoms with Crippen LogP contribution in [0.2, 0.25) is 5.02 Å². The molecule has 2 nitrogen and oxygen atoms in total. The second-order valence-corrected chi connectivity index (χ2v) is 4.19. The van der Waals surface area contributed by atoms with Gasteiger partial charge in [-0.1, -0.05) is 18.5 Å². The van der Waals surface area contributed by atoms with Gasteiger partial charge in [-0.05, 0) is 44.3 Å². The predicted molar refractivity (Wildman–Crippen MR) is 64.9 cm³/mol. The summed E-state index contributed by atoms with van der Waals surface area (Å²) in [6.45, 7) is 3.73. The number of hydrogen-bond donors (Lipinski definition) is 0. The van der Waals surface area contributed by atoms with Gasteiger partial charge in [0.1, 0.15) is 12.4 Å². The normalized spacial score (nSPS) is 10.7. The standard InChI is InChI=1S/C12H18ClNO/c1-4-10-9-11(13)5-6-12(10)15-8-7-14(2)3/h5-6,9H,4,7-8H2,1-3H3. The van der Waals surface area contributed by atoms with Crippen molar-refractivity contribution >= 4 is 11.6 Å². The number of nitrogens with zero attached hydrogens (tertiary/aromatic N) is 1. The third-order valence-electron chi connectivity index (χ3n) is 2.20. The van der Waals surface area contributed by atoms with Crippen LogP contribution in [0.1, 0.15) is 12.5 Å². The molecule has 1 rings (SSSR count). The van der Waals surface area contributed by atoms with E-state index in [2.05, 4.69) is 11.8 Å². The molecule has 0 N–H and O–H groups in total. The monoisotopic (exact) mass is 227 g/mol. The lowest BCUT2D eigenvalue weighted by Crippen LogP contribution is -2.19. The summed E-state index contributed by atoms with van der Waals surface area (Å²) >= 11 is 5.92. The van der Waals surface area contributed by atoms with Crippen molar-refractivity contribution in [2.75, 3.05) is 27.2 Å². The molecule has 3 heteroatoms. The van der Waals surface area contributed by atoms with Gasteiger partial charge in [0.05, 0.1) is 0 Å². The Morgan fingerprint density at radius 3 is 2.67 bits per heavy atom. The molecule has 0 saturated carbocycles. The van der Waals surface area contributed by atoms with E-state index in [1.54, 1.807) is 0 Å². The maximum atomic E-state index is 5.92. The molecule has 0 aromatic heterocycles. The molecule has 0 radical (unpaired) electrons. The number of aryl methyl sites for hydroxylation is 1. The fourth-order valence-corrected chi connectivity index (χ4v) is 1.50. The van der Waals surface area contributed by atoms with Gasteiger partial charge in [-0.25, -0.2) is 0 Å². The Balaban J connectivity index is 2.60. The van der Waals surface area contributed by atoms with E-state index in [9.17, 15) is 0 Å². The molecule has 0 bridgehead atoms. The van der Waals surface area contributed by atoms with Gasteiger partial charge in [-0.2, -0.15) is 0 Å². The van der Waals surface area contributed by atoms with Crippen molar-refractivity contribution in [2.24, 2.45) is 0 Å². The van der Waals surface area contributed by atoms with Gasteiger partial charge in [0.25, 0.3) is 0 Å². The summed E-state index contributed by atoms with van der Waals surface area (Å²) < 4.78 is 5.69. The van der Waals surface area contributed by atoms with Crippen LogP contribution in [0.4, 0.5) is 0 Å². The van der Waals surface area contributed by atoms with Crippen LogP contribution >= 0.6 is 11.6 Å². The van der Waals surface area contributed by atoms with E-state index < -0.39 is 0 Å². The Labute approximate surface area is 96.8 Å². The molecule has 0 aliphatic rings. The van der Waals surface area contributed by atoms with Crippen molar-refractivity contribution in [3.63, 3.8) is 0 Å². The molecule has 1 aromatic carbocycles. The first-order valence-electron chi connectivity index (χ1n) is 5.19. The van der Waals surface area contributed by atoms with Gasteiger partial charge in [0, 0.05) is 11.6 Å². The van der Waals surface area contributed by atoms with Crippen molar-refractivity contribution in [1.82, 2.24) is 4.90 Å². The molecule has 0 fully saturated rings. The largest absolute Gasteiger partial charge is 0.492 e. The molecule has 0 saturated heterocycles. The molecule has 84 valence electrons. The minimum absolute atomic E-state index is 0.710. The second-order valence-electron chi connectivity index (χ2n) is 3.76. The topological polar surface area (TPSA) is 12.5 Å². The summed E-state index contributed by atoms with van der Waals surface area (Å²) in [5.74, 6) is 0.948. The van der Waals surface area contributed by atoms with E-state index in [0.717, 1.165) is 23.7 Å². The summed E-state index contributed by atoms with van der Waals surface area (Å²) in [7, 11) is 4.07. The lowest BCUT2D eigenvalue weighted by atomic mass is 10.1. The molecular formula is C12H18ClNO. The van der Waals surface area contributed by atoms with E-state index >= 15 is 0 Å². The highest BCUT2D eigenvalue weighted by molar-refractivity contribution is 6.30. The molecule has 0 aliphatic heterocycles. The fourth-order valence-electron chi connectivity index (χ4n) is 1.30. The van der Waals surface area contributed by atoms with Crippen LogP contribution in [0.5, 0.6) is 5.75 Å². The summed E-state index contributed by atoms with van der Waals surface area (Å²) in [5, 5.41) is 0.770. The third-order valence-corrected chi connectivity index (χ3v) is 2.43. The molecule has 0 spiro atoms. The first-order valence-corrected chi connectivity index (χ1v) is 5.57. The smallest absolute Gasteiger partial charge is 0.122 e. The van der Waals surface area contributed by atoms with Gasteiger partial charge in [0.15, 0.2) is 0 Å². The van der Waals surface area contributed by atoms with Crippen LogP contribution in [0.15, 0.2) is 18.2 Å². The number of hydrogen-bond acceptors (Lipinski definition) is 2. The minimum Gasteiger partial charge on any atom is -0.492 e. The molecule has 1 aromatic rings. The molecule has 0 atom stereocenters. The zero-order valence-electron chi connectivity index (χ0n) is 9.59. The van der Waals surface area contributed by atoms with E-state index in [0.29, 0.717) is 6.61 Å². The Hall–Kier alpha value is -0.730. The highest BCUT2D eigenvalue weighted by Gasteiger charge is 2.02. The van der Waals surface area contributed by atoms with Crippen molar-refractivity contribution in [3.8, 4) is 5.75 Å². The fraction of sp³-hybridized carbons (Fsp3) is 0.500. The maximum absolute atomic E-state index is 5.92. The Morgan fingerprint density at radius 2 is 2.07 bits per heavy atom. The third kappa shape index (κ3) is 4.10. The van der Waals surface area contributed by atoms with Gasteiger partial charge >= 0.3 is 0 Å². The summed E-state index contributed by atoms with van der Waals surface area (Å²) in [5.41, 5.74) is 1.17. The van der Waals surface area contributed by atoms with Crippen LogP contribution in [0, 0.1) is 0 Å². The molecule has 0 aliphatic carbocycles. The van der Waals surface area contributed by atoms with E-state index in [4.69, 9.17) is 16.3 Å². The van der Waals surface area contributed by atoms with Gasteiger partial charge in [0.2, 0.25) is 0 Å². The quantitative estimate of drug-likeness (QED) is 0.767. The number of ether oxygens (including phenoxy) is 1. The molecule has 0 unspecified atom stereocenters. The second kappa shape index (κ2) is 5.99. The summed E-state index contributed by atoms with van der Waals surface area (Å²) in [6, 6.07) is 5.77. The number of benzene rings is 1. The zero-order chi connectivity index (χ0) is 11.3. The number of likely N-dealkylation sites (N-methyl/N-ethyl adjacent to an activating group) is 1. The van der Waals surface area contributed by atoms with Crippen LogP contribution in [0.25, 0.3) is 0 Å². The molecule has 0 heterocycles. The van der Waals surface area contributed by atoms with Crippen molar-refractivity contribution in [3.05, 3.63) is 28.8 Å². The number of halogens is 1. The molecular weight excluding hydrogens is 210 g/mol. The maximum Gasteiger partial charge on any atom is 0.122 e. The predicted octanol–water partition coefficient (Wildman–Crippen LogP) is 2.84. The molecule has 15 heavy (non-hydrogen) atoms. The van der Waals surface area contributed by atoms with Crippen LogP contribution < -0.4 is 4.74 Å². The van der Waals surface area contributed by atoms with Crippen molar-refractivity contribution in [2.45, 2.75) is 13.3 Å². The van der Waals surface area contributed by atoms with E-state index in [-0.39, 0.29) is 0 Å². The first-order chi connectivity index (χ1) is 7.13. The van der Waals surface area contributed by atoms with Crippen LogP contribution in [0.3, 0.4) is 0 Å². The molecule has 0 amide bonds. The van der Waals surface area contributed by atoms with Gasteiger partial charge < -0.3 is 9.64 Å². The Kier molecular flexibility index (Phi) is 4.92. The first kappa shape index (κ1) is 12.3. The highest BCUT2D eigenvalue weighted by Crippen LogP contribution is 2.23. The van der Waals surface area contributed by atoms with Gasteiger partial charge in [-0.3, -0.25) is 0 Å². The Bertz CT molecular complexity index is 312. The van der Waals surface area contributed by atoms with Crippen LogP contribution in [-0.2, 0) is 6.42 Å². The highest BCUT2D eigenvalue weighted by atomic mass is 35.5. The van der Waals surface area contributed by atoms with E-state index in [1.165, 1.54) is 5.56 Å². The van der Waals surface area contributed by atoms with Gasteiger partial charge in [-0.15, -0.1) is 0 Å². The summed E-state index contributed by atoms with van der Waals surface area (Å²) in [4.78, 5) is 2.10. The Morgan fingerprint density at radius 1 is 1.33 bits per heavy atom. The lowest BCUT2D eigenvalue weighted by molar-refractivity contribution is 0.259. The SMILES string of the molecule is CCc1cc(Cl)ccc1OCCN(C)C. The van der Waals surface area contributed by atoms with Crippen molar-refractivity contribution < 1.29 is 4.74 Å². The van der Waals surface area contributed by atoms with E-state index in [1.807, 2.05) is 32.3 Å². The minimum atomic E-state index is 0.710.